The molecule has 2 N–H and O–H groups in total. The number of hydrogen-bond donors (Lipinski definition) is 2. The third-order valence-electron chi connectivity index (χ3n) is 4.33. The summed E-state index contributed by atoms with van der Waals surface area (Å²) in [5.74, 6) is -0.291. The van der Waals surface area contributed by atoms with Crippen molar-refractivity contribution in [1.29, 1.82) is 0 Å². The minimum atomic E-state index is -0.802. The maximum Gasteiger partial charge on any atom is 0.328 e. The molecule has 0 saturated carbocycles. The zero-order valence-electron chi connectivity index (χ0n) is 15.3. The van der Waals surface area contributed by atoms with Gasteiger partial charge in [-0.05, 0) is 30.7 Å². The van der Waals surface area contributed by atoms with Crippen molar-refractivity contribution in [1.82, 2.24) is 10.3 Å². The van der Waals surface area contributed by atoms with Crippen molar-refractivity contribution in [3.63, 3.8) is 0 Å². The number of aromatic amines is 1. The van der Waals surface area contributed by atoms with Crippen LogP contribution in [0.2, 0.25) is 0 Å². The molecule has 2 aromatic carbocycles. The average molecular weight is 366 g/mol. The first-order valence-electron chi connectivity index (χ1n) is 8.73. The highest BCUT2D eigenvalue weighted by atomic mass is 16.5. The Morgan fingerprint density at radius 2 is 1.78 bits per heavy atom. The summed E-state index contributed by atoms with van der Waals surface area (Å²) in [5.41, 5.74) is 1.90. The number of nitrogens with one attached hydrogen (secondary N) is 2. The van der Waals surface area contributed by atoms with Gasteiger partial charge >= 0.3 is 5.97 Å². The van der Waals surface area contributed by atoms with Crippen LogP contribution in [-0.2, 0) is 20.7 Å². The molecule has 0 spiro atoms. The summed E-state index contributed by atoms with van der Waals surface area (Å²) >= 11 is 0. The smallest absolute Gasteiger partial charge is 0.328 e. The fourth-order valence-electron chi connectivity index (χ4n) is 2.90. The van der Waals surface area contributed by atoms with Crippen molar-refractivity contribution in [2.24, 2.45) is 0 Å². The summed E-state index contributed by atoms with van der Waals surface area (Å²) in [6.45, 7) is 1.64. The first-order valence-corrected chi connectivity index (χ1v) is 8.73. The van der Waals surface area contributed by atoms with Crippen LogP contribution in [0.25, 0.3) is 10.9 Å². The number of fused-ring (bicyclic) bond motifs is 1. The first-order chi connectivity index (χ1) is 13.1. The lowest BCUT2D eigenvalue weighted by molar-refractivity contribution is -0.145. The second kappa shape index (κ2) is 8.40. The molecule has 6 heteroatoms. The highest BCUT2D eigenvalue weighted by Gasteiger charge is 2.26. The van der Waals surface area contributed by atoms with E-state index in [2.05, 4.69) is 10.3 Å². The fraction of sp³-hybridized carbons (Fsp3) is 0.238. The topological polar surface area (TPSA) is 80.4 Å². The van der Waals surface area contributed by atoms with E-state index in [1.165, 1.54) is 7.11 Å². The molecule has 140 valence electrons. The number of rotatable bonds is 7. The second-order valence-corrected chi connectivity index (χ2v) is 6.22. The summed E-state index contributed by atoms with van der Waals surface area (Å²) in [6, 6.07) is 16.1. The Balaban J connectivity index is 1.71. The summed E-state index contributed by atoms with van der Waals surface area (Å²) in [5, 5.41) is 3.75. The van der Waals surface area contributed by atoms with Gasteiger partial charge in [0.25, 0.3) is 5.91 Å². The fourth-order valence-corrected chi connectivity index (χ4v) is 2.90. The number of methoxy groups -OCH3 is 1. The quantitative estimate of drug-likeness (QED) is 0.630. The van der Waals surface area contributed by atoms with E-state index in [1.54, 1.807) is 19.1 Å². The standard InChI is InChI=1S/C21H22N2O4/c1-14(27-16-8-4-3-5-9-16)20(24)23-19(21(25)26-2)12-15-13-22-18-11-7-6-10-17(15)18/h3-11,13-14,19,22H,12H2,1-2H3,(H,23,24). The molecule has 6 nitrogen and oxygen atoms in total. The molecular formula is C21H22N2O4. The van der Waals surface area contributed by atoms with E-state index in [-0.39, 0.29) is 5.91 Å². The first kappa shape index (κ1) is 18.5. The monoisotopic (exact) mass is 366 g/mol. The van der Waals surface area contributed by atoms with Crippen molar-refractivity contribution in [2.75, 3.05) is 7.11 Å². The Kier molecular flexibility index (Phi) is 5.76. The van der Waals surface area contributed by atoms with Crippen molar-refractivity contribution in [3.8, 4) is 5.75 Å². The number of para-hydroxylation sites is 2. The zero-order chi connectivity index (χ0) is 19.2. The highest BCUT2D eigenvalue weighted by Crippen LogP contribution is 2.19. The maximum atomic E-state index is 12.5. The number of esters is 1. The Morgan fingerprint density at radius 3 is 2.52 bits per heavy atom. The molecule has 0 bridgehead atoms. The van der Waals surface area contributed by atoms with Crippen molar-refractivity contribution >= 4 is 22.8 Å². The molecule has 0 aliphatic carbocycles. The van der Waals surface area contributed by atoms with Crippen molar-refractivity contribution < 1.29 is 19.1 Å². The van der Waals surface area contributed by atoms with Crippen molar-refractivity contribution in [3.05, 3.63) is 66.4 Å². The molecule has 0 aliphatic rings. The number of carbonyl (C=O) groups is 2. The van der Waals surface area contributed by atoms with E-state index in [0.29, 0.717) is 12.2 Å². The lowest BCUT2D eigenvalue weighted by Crippen LogP contribution is -2.47. The van der Waals surface area contributed by atoms with Gasteiger partial charge in [0.1, 0.15) is 11.8 Å². The summed E-state index contributed by atoms with van der Waals surface area (Å²) in [4.78, 5) is 27.9. The minimum Gasteiger partial charge on any atom is -0.481 e. The lowest BCUT2D eigenvalue weighted by Gasteiger charge is -2.20. The molecule has 3 aromatic rings. The Labute approximate surface area is 157 Å². The second-order valence-electron chi connectivity index (χ2n) is 6.22. The summed E-state index contributed by atoms with van der Waals surface area (Å²) in [6.07, 6.45) is 1.42. The van der Waals surface area contributed by atoms with Crippen LogP contribution < -0.4 is 10.1 Å². The zero-order valence-corrected chi connectivity index (χ0v) is 15.3. The van der Waals surface area contributed by atoms with Crippen LogP contribution in [0, 0.1) is 0 Å². The molecule has 27 heavy (non-hydrogen) atoms. The lowest BCUT2D eigenvalue weighted by atomic mass is 10.0. The molecule has 0 saturated heterocycles. The molecule has 2 unspecified atom stereocenters. The van der Waals surface area contributed by atoms with Crippen LogP contribution in [-0.4, -0.2) is 36.1 Å². The minimum absolute atomic E-state index is 0.320. The molecule has 1 heterocycles. The van der Waals surface area contributed by atoms with Crippen LogP contribution in [0.3, 0.4) is 0 Å². The number of carbonyl (C=O) groups excluding carboxylic acids is 2. The van der Waals surface area contributed by atoms with Gasteiger partial charge < -0.3 is 19.8 Å². The van der Waals surface area contributed by atoms with E-state index in [9.17, 15) is 9.59 Å². The number of H-pyrrole nitrogens is 1. The van der Waals surface area contributed by atoms with Crippen LogP contribution in [0.15, 0.2) is 60.8 Å². The van der Waals surface area contributed by atoms with Gasteiger partial charge in [0.05, 0.1) is 7.11 Å². The normalized spacial score (nSPS) is 13.0. The number of ether oxygens (including phenoxy) is 2. The summed E-state index contributed by atoms with van der Waals surface area (Å²) in [7, 11) is 1.31. The predicted molar refractivity (Wildman–Crippen MR) is 102 cm³/mol. The van der Waals surface area contributed by atoms with Gasteiger partial charge in [0.2, 0.25) is 0 Å². The van der Waals surface area contributed by atoms with E-state index < -0.39 is 18.1 Å². The van der Waals surface area contributed by atoms with E-state index >= 15 is 0 Å². The third-order valence-corrected chi connectivity index (χ3v) is 4.33. The Hall–Kier alpha value is -3.28. The molecule has 0 radical (unpaired) electrons. The van der Waals surface area contributed by atoms with E-state index in [1.807, 2.05) is 48.7 Å². The molecule has 3 rings (SSSR count). The number of amides is 1. The van der Waals surface area contributed by atoms with E-state index in [4.69, 9.17) is 9.47 Å². The van der Waals surface area contributed by atoms with Gasteiger partial charge in [-0.15, -0.1) is 0 Å². The maximum absolute atomic E-state index is 12.5. The van der Waals surface area contributed by atoms with E-state index in [0.717, 1.165) is 16.5 Å². The van der Waals surface area contributed by atoms with Gasteiger partial charge in [-0.25, -0.2) is 4.79 Å². The SMILES string of the molecule is COC(=O)C(Cc1c[nH]c2ccccc12)NC(=O)C(C)Oc1ccccc1. The van der Waals surface area contributed by atoms with Crippen molar-refractivity contribution in [2.45, 2.75) is 25.5 Å². The molecule has 0 fully saturated rings. The molecule has 0 aliphatic heterocycles. The average Bonchev–Trinajstić information content (AvgIpc) is 3.10. The predicted octanol–water partition coefficient (Wildman–Crippen LogP) is 2.84. The highest BCUT2D eigenvalue weighted by molar-refractivity contribution is 5.88. The molecule has 1 aromatic heterocycles. The molecule has 1 amide bonds. The van der Waals surface area contributed by atoms with Crippen LogP contribution in [0.5, 0.6) is 5.75 Å². The van der Waals surface area contributed by atoms with Crippen LogP contribution in [0.4, 0.5) is 0 Å². The molecular weight excluding hydrogens is 344 g/mol. The van der Waals surface area contributed by atoms with Gasteiger partial charge in [-0.3, -0.25) is 4.79 Å². The van der Waals surface area contributed by atoms with Gasteiger partial charge in [-0.2, -0.15) is 0 Å². The van der Waals surface area contributed by atoms with Crippen LogP contribution >= 0.6 is 0 Å². The van der Waals surface area contributed by atoms with Gasteiger partial charge in [-0.1, -0.05) is 36.4 Å². The van der Waals surface area contributed by atoms with Crippen LogP contribution in [0.1, 0.15) is 12.5 Å². The number of benzene rings is 2. The third kappa shape index (κ3) is 4.47. The Bertz CT molecular complexity index is 920. The molecule has 2 atom stereocenters. The Morgan fingerprint density at radius 1 is 1.07 bits per heavy atom. The number of aromatic nitrogens is 1. The van der Waals surface area contributed by atoms with Gasteiger partial charge in [0.15, 0.2) is 6.10 Å². The largest absolute Gasteiger partial charge is 0.481 e. The summed E-state index contributed by atoms with van der Waals surface area (Å²) < 4.78 is 10.5. The number of hydrogen-bond acceptors (Lipinski definition) is 4. The van der Waals surface area contributed by atoms with Gasteiger partial charge in [0, 0.05) is 23.5 Å².